The summed E-state index contributed by atoms with van der Waals surface area (Å²) < 4.78 is 5.94. The lowest BCUT2D eigenvalue weighted by Crippen LogP contribution is -2.37. The smallest absolute Gasteiger partial charge is 0.227 e. The van der Waals surface area contributed by atoms with Gasteiger partial charge < -0.3 is 14.5 Å². The molecule has 0 fully saturated rings. The molecule has 2 aromatic rings. The molecule has 2 heterocycles. The van der Waals surface area contributed by atoms with Crippen molar-refractivity contribution in [1.29, 1.82) is 0 Å². The molecule has 1 aromatic heterocycles. The topological polar surface area (TPSA) is 62.7 Å². The van der Waals surface area contributed by atoms with Gasteiger partial charge in [-0.1, -0.05) is 19.9 Å². The van der Waals surface area contributed by atoms with Crippen molar-refractivity contribution in [1.82, 2.24) is 9.88 Å². The number of anilines is 1. The van der Waals surface area contributed by atoms with Crippen molar-refractivity contribution in [3.63, 3.8) is 0 Å². The monoisotopic (exact) mass is 445 g/mol. The first-order valence-electron chi connectivity index (χ1n) is 10.7. The lowest BCUT2D eigenvalue weighted by molar-refractivity contribution is -0.134. The van der Waals surface area contributed by atoms with Crippen molar-refractivity contribution in [2.24, 2.45) is 5.92 Å². The van der Waals surface area contributed by atoms with E-state index in [1.165, 1.54) is 0 Å². The van der Waals surface area contributed by atoms with Crippen LogP contribution in [-0.4, -0.2) is 48.4 Å². The maximum Gasteiger partial charge on any atom is 0.227 e. The Bertz CT molecular complexity index is 874. The zero-order valence-electron chi connectivity index (χ0n) is 18.5. The van der Waals surface area contributed by atoms with E-state index >= 15 is 0 Å². The summed E-state index contributed by atoms with van der Waals surface area (Å²) in [4.78, 5) is 32.2. The van der Waals surface area contributed by atoms with Gasteiger partial charge in [0.25, 0.3) is 0 Å². The number of fused-ring (bicyclic) bond motifs is 1. The average molecular weight is 446 g/mol. The second kappa shape index (κ2) is 11.7. The van der Waals surface area contributed by atoms with Crippen LogP contribution in [0.15, 0.2) is 42.7 Å². The van der Waals surface area contributed by atoms with Gasteiger partial charge in [-0.3, -0.25) is 14.6 Å². The molecule has 1 aromatic carbocycles. The van der Waals surface area contributed by atoms with Gasteiger partial charge in [-0.25, -0.2) is 0 Å². The number of rotatable bonds is 9. The number of halogens is 1. The van der Waals surface area contributed by atoms with E-state index in [2.05, 4.69) is 4.98 Å². The number of aryl methyl sites for hydroxylation is 1. The third kappa shape index (κ3) is 6.69. The zero-order chi connectivity index (χ0) is 21.5. The van der Waals surface area contributed by atoms with Crippen LogP contribution in [0, 0.1) is 5.92 Å². The number of hydrogen-bond acceptors (Lipinski definition) is 4. The fourth-order valence-corrected chi connectivity index (χ4v) is 3.68. The molecule has 0 radical (unpaired) electrons. The maximum atomic E-state index is 12.6. The van der Waals surface area contributed by atoms with Crippen LogP contribution in [0.3, 0.4) is 0 Å². The van der Waals surface area contributed by atoms with Crippen LogP contribution in [0.5, 0.6) is 5.75 Å². The summed E-state index contributed by atoms with van der Waals surface area (Å²) in [5.74, 6) is 1.10. The molecule has 0 saturated carbocycles. The van der Waals surface area contributed by atoms with E-state index in [0.29, 0.717) is 26.1 Å². The van der Waals surface area contributed by atoms with Gasteiger partial charge in [-0.05, 0) is 54.7 Å². The van der Waals surface area contributed by atoms with Crippen LogP contribution in [0.25, 0.3) is 0 Å². The van der Waals surface area contributed by atoms with E-state index in [1.54, 1.807) is 11.1 Å². The lowest BCUT2D eigenvalue weighted by atomic mass is 10.0. The number of aromatic nitrogens is 1. The number of hydrogen-bond donors (Lipinski definition) is 0. The molecule has 0 N–H and O–H groups in total. The van der Waals surface area contributed by atoms with E-state index < -0.39 is 0 Å². The Kier molecular flexibility index (Phi) is 9.31. The van der Waals surface area contributed by atoms with Crippen molar-refractivity contribution in [2.75, 3.05) is 31.6 Å². The molecule has 0 saturated heterocycles. The molecule has 0 atom stereocenters. The van der Waals surface area contributed by atoms with Crippen molar-refractivity contribution >= 4 is 29.9 Å². The Morgan fingerprint density at radius 2 is 2.03 bits per heavy atom. The van der Waals surface area contributed by atoms with Crippen molar-refractivity contribution < 1.29 is 14.3 Å². The van der Waals surface area contributed by atoms with Gasteiger partial charge in [0, 0.05) is 50.6 Å². The summed E-state index contributed by atoms with van der Waals surface area (Å²) in [6.45, 7) is 5.76. The third-order valence-corrected chi connectivity index (χ3v) is 5.43. The van der Waals surface area contributed by atoms with Crippen LogP contribution >= 0.6 is 12.4 Å². The normalized spacial score (nSPS) is 12.9. The minimum absolute atomic E-state index is 0. The Morgan fingerprint density at radius 1 is 1.23 bits per heavy atom. The Hall–Kier alpha value is -2.60. The Morgan fingerprint density at radius 3 is 2.74 bits per heavy atom. The summed E-state index contributed by atoms with van der Waals surface area (Å²) in [5.41, 5.74) is 3.23. The highest BCUT2D eigenvalue weighted by Gasteiger charge is 2.21. The Balaban J connectivity index is 0.00000341. The zero-order valence-corrected chi connectivity index (χ0v) is 19.4. The Labute approximate surface area is 191 Å². The fraction of sp³-hybridized carbons (Fsp3) is 0.458. The molecular weight excluding hydrogens is 414 g/mol. The third-order valence-electron chi connectivity index (χ3n) is 5.43. The highest BCUT2D eigenvalue weighted by Crippen LogP contribution is 2.30. The number of nitrogens with zero attached hydrogens (tertiary/aromatic N) is 3. The maximum absolute atomic E-state index is 12.6. The predicted molar refractivity (Wildman–Crippen MR) is 125 cm³/mol. The minimum atomic E-state index is -0.0276. The van der Waals surface area contributed by atoms with Crippen LogP contribution in [0.4, 0.5) is 5.69 Å². The number of benzene rings is 1. The largest absolute Gasteiger partial charge is 0.494 e. The van der Waals surface area contributed by atoms with Gasteiger partial charge in [-0.2, -0.15) is 0 Å². The van der Waals surface area contributed by atoms with Crippen molar-refractivity contribution in [2.45, 2.75) is 39.5 Å². The molecule has 1 aliphatic heterocycles. The molecule has 3 rings (SSSR count). The summed E-state index contributed by atoms with van der Waals surface area (Å²) >= 11 is 0. The quantitative estimate of drug-likeness (QED) is 0.549. The molecule has 7 heteroatoms. The van der Waals surface area contributed by atoms with Gasteiger partial charge >= 0.3 is 0 Å². The molecule has 168 valence electrons. The molecule has 0 spiro atoms. The molecule has 0 unspecified atom stereocenters. The average Bonchev–Trinajstić information content (AvgIpc) is 2.76. The summed E-state index contributed by atoms with van der Waals surface area (Å²) in [6, 6.07) is 9.84. The molecular formula is C24H32ClN3O3. The summed E-state index contributed by atoms with van der Waals surface area (Å²) in [5, 5.41) is 0. The van der Waals surface area contributed by atoms with Gasteiger partial charge in [-0.15, -0.1) is 12.4 Å². The number of carbonyl (C=O) groups excluding carboxylic acids is 2. The standard InChI is InChI=1S/C24H31N3O3.ClH/c1-18(2)24(29)27(14-11-19-6-4-12-25-17-19)13-5-15-30-21-8-9-22-20(16-21)7-10-23(28)26(22)3;/h4,6,8-9,12,16-18H,5,7,10-11,13-15H2,1-3H3;1H. The van der Waals surface area contributed by atoms with E-state index in [9.17, 15) is 9.59 Å². The first-order valence-corrected chi connectivity index (χ1v) is 10.7. The van der Waals surface area contributed by atoms with E-state index in [4.69, 9.17) is 4.74 Å². The molecule has 31 heavy (non-hydrogen) atoms. The highest BCUT2D eigenvalue weighted by atomic mass is 35.5. The van der Waals surface area contributed by atoms with E-state index in [0.717, 1.165) is 41.8 Å². The first-order chi connectivity index (χ1) is 14.5. The number of pyridine rings is 1. The predicted octanol–water partition coefficient (Wildman–Crippen LogP) is 3.91. The summed E-state index contributed by atoms with van der Waals surface area (Å²) in [6.07, 6.45) is 6.46. The summed E-state index contributed by atoms with van der Waals surface area (Å²) in [7, 11) is 1.81. The SMILES string of the molecule is CC(C)C(=O)N(CCCOc1ccc2c(c1)CCC(=O)N2C)CCc1cccnc1.Cl. The minimum Gasteiger partial charge on any atom is -0.494 e. The highest BCUT2D eigenvalue weighted by molar-refractivity contribution is 5.95. The number of ether oxygens (including phenoxy) is 1. The molecule has 2 amide bonds. The van der Waals surface area contributed by atoms with Gasteiger partial charge in [0.2, 0.25) is 11.8 Å². The second-order valence-electron chi connectivity index (χ2n) is 8.04. The van der Waals surface area contributed by atoms with Crippen LogP contribution in [-0.2, 0) is 22.4 Å². The van der Waals surface area contributed by atoms with Crippen molar-refractivity contribution in [3.05, 3.63) is 53.9 Å². The van der Waals surface area contributed by atoms with Crippen molar-refractivity contribution in [3.8, 4) is 5.75 Å². The van der Waals surface area contributed by atoms with Gasteiger partial charge in [0.05, 0.1) is 6.61 Å². The first kappa shape index (κ1) is 24.7. The number of carbonyl (C=O) groups is 2. The molecule has 6 nitrogen and oxygen atoms in total. The molecule has 0 aliphatic carbocycles. The molecule has 0 bridgehead atoms. The molecule has 1 aliphatic rings. The number of amides is 2. The van der Waals surface area contributed by atoms with Crippen LogP contribution in [0.1, 0.15) is 37.8 Å². The van der Waals surface area contributed by atoms with Gasteiger partial charge in [0.1, 0.15) is 5.75 Å². The van der Waals surface area contributed by atoms with E-state index in [-0.39, 0.29) is 30.1 Å². The second-order valence-corrected chi connectivity index (χ2v) is 8.04. The van der Waals surface area contributed by atoms with Crippen LogP contribution < -0.4 is 9.64 Å². The van der Waals surface area contributed by atoms with Gasteiger partial charge in [0.15, 0.2) is 0 Å². The lowest BCUT2D eigenvalue weighted by Gasteiger charge is -2.26. The fourth-order valence-electron chi connectivity index (χ4n) is 3.68. The van der Waals surface area contributed by atoms with Crippen LogP contribution in [0.2, 0.25) is 0 Å². The van der Waals surface area contributed by atoms with E-state index in [1.807, 2.05) is 62.3 Å².